The van der Waals surface area contributed by atoms with E-state index in [9.17, 15) is 13.2 Å². The third-order valence-corrected chi connectivity index (χ3v) is 1.22. The van der Waals surface area contributed by atoms with Crippen molar-refractivity contribution in [2.24, 2.45) is 0 Å². The van der Waals surface area contributed by atoms with E-state index in [1.807, 2.05) is 0 Å². The standard InChI is InChI=1S/C7H6F3NO/c1-4-3-11-6(2-5(4)8)12-7(9)10/h2-3,7H,1H3. The van der Waals surface area contributed by atoms with Crippen LogP contribution in [-0.2, 0) is 0 Å². The molecule has 0 unspecified atom stereocenters. The predicted octanol–water partition coefficient (Wildman–Crippen LogP) is 2.13. The quantitative estimate of drug-likeness (QED) is 0.690. The molecule has 0 aliphatic rings. The second kappa shape index (κ2) is 3.42. The van der Waals surface area contributed by atoms with Crippen LogP contribution in [-0.4, -0.2) is 11.6 Å². The van der Waals surface area contributed by atoms with Crippen LogP contribution in [0.15, 0.2) is 12.3 Å². The molecular weight excluding hydrogens is 171 g/mol. The SMILES string of the molecule is Cc1cnc(OC(F)F)cc1F. The molecule has 66 valence electrons. The van der Waals surface area contributed by atoms with Crippen molar-refractivity contribution in [2.45, 2.75) is 13.5 Å². The van der Waals surface area contributed by atoms with Crippen LogP contribution in [0.1, 0.15) is 5.56 Å². The first-order chi connectivity index (χ1) is 5.59. The summed E-state index contributed by atoms with van der Waals surface area (Å²) in [6.45, 7) is -1.49. The number of halogens is 3. The molecular formula is C7H6F3NO. The molecule has 0 aromatic carbocycles. The van der Waals surface area contributed by atoms with Gasteiger partial charge in [0.15, 0.2) is 0 Å². The zero-order chi connectivity index (χ0) is 9.14. The van der Waals surface area contributed by atoms with E-state index in [-0.39, 0.29) is 5.56 Å². The molecule has 0 spiro atoms. The summed E-state index contributed by atoms with van der Waals surface area (Å²) >= 11 is 0. The first-order valence-corrected chi connectivity index (χ1v) is 3.16. The van der Waals surface area contributed by atoms with Crippen molar-refractivity contribution >= 4 is 0 Å². The van der Waals surface area contributed by atoms with Crippen LogP contribution in [0, 0.1) is 12.7 Å². The van der Waals surface area contributed by atoms with Gasteiger partial charge in [-0.05, 0) is 6.92 Å². The molecule has 0 radical (unpaired) electrons. The summed E-state index contributed by atoms with van der Waals surface area (Å²) < 4.78 is 39.7. The van der Waals surface area contributed by atoms with Crippen molar-refractivity contribution in [3.8, 4) is 5.88 Å². The third-order valence-electron chi connectivity index (χ3n) is 1.22. The summed E-state index contributed by atoms with van der Waals surface area (Å²) in [6.07, 6.45) is 1.13. The normalized spacial score (nSPS) is 10.4. The third kappa shape index (κ3) is 2.11. The summed E-state index contributed by atoms with van der Waals surface area (Å²) in [7, 11) is 0. The van der Waals surface area contributed by atoms with Crippen LogP contribution < -0.4 is 4.74 Å². The molecule has 0 aliphatic carbocycles. The Morgan fingerprint density at radius 3 is 2.67 bits per heavy atom. The number of aromatic nitrogens is 1. The average Bonchev–Trinajstić information content (AvgIpc) is 1.96. The van der Waals surface area contributed by atoms with Gasteiger partial charge in [-0.1, -0.05) is 0 Å². The van der Waals surface area contributed by atoms with Crippen LogP contribution >= 0.6 is 0 Å². The Balaban J connectivity index is 2.82. The summed E-state index contributed by atoms with van der Waals surface area (Å²) in [5, 5.41) is 0. The molecule has 0 saturated heterocycles. The predicted molar refractivity (Wildman–Crippen MR) is 35.6 cm³/mol. The number of hydrogen-bond acceptors (Lipinski definition) is 2. The Morgan fingerprint density at radius 2 is 2.17 bits per heavy atom. The topological polar surface area (TPSA) is 22.1 Å². The number of pyridine rings is 1. The highest BCUT2D eigenvalue weighted by Crippen LogP contribution is 2.13. The molecule has 5 heteroatoms. The molecule has 0 atom stereocenters. The fraction of sp³-hybridized carbons (Fsp3) is 0.286. The van der Waals surface area contributed by atoms with Gasteiger partial charge in [-0.3, -0.25) is 0 Å². The van der Waals surface area contributed by atoms with Gasteiger partial charge in [-0.15, -0.1) is 0 Å². The van der Waals surface area contributed by atoms with Gasteiger partial charge in [-0.2, -0.15) is 8.78 Å². The molecule has 0 saturated carbocycles. The second-order valence-electron chi connectivity index (χ2n) is 2.15. The van der Waals surface area contributed by atoms with E-state index in [1.165, 1.54) is 6.92 Å². The van der Waals surface area contributed by atoms with E-state index in [4.69, 9.17) is 0 Å². The van der Waals surface area contributed by atoms with E-state index in [0.717, 1.165) is 12.3 Å². The van der Waals surface area contributed by atoms with E-state index < -0.39 is 18.3 Å². The Morgan fingerprint density at radius 1 is 1.50 bits per heavy atom. The highest BCUT2D eigenvalue weighted by molar-refractivity contribution is 5.18. The van der Waals surface area contributed by atoms with Gasteiger partial charge >= 0.3 is 6.61 Å². The lowest BCUT2D eigenvalue weighted by Crippen LogP contribution is -2.04. The summed E-state index contributed by atoms with van der Waals surface area (Å²) in [5.41, 5.74) is 0.289. The molecule has 1 rings (SSSR count). The van der Waals surface area contributed by atoms with Gasteiger partial charge in [-0.25, -0.2) is 9.37 Å². The summed E-state index contributed by atoms with van der Waals surface area (Å²) in [5.74, 6) is -1.02. The molecule has 1 heterocycles. The van der Waals surface area contributed by atoms with Gasteiger partial charge < -0.3 is 4.74 Å². The zero-order valence-corrected chi connectivity index (χ0v) is 6.22. The number of alkyl halides is 2. The maximum absolute atomic E-state index is 12.7. The largest absolute Gasteiger partial charge is 0.417 e. The van der Waals surface area contributed by atoms with Crippen molar-refractivity contribution in [1.82, 2.24) is 4.98 Å². The monoisotopic (exact) mass is 177 g/mol. The molecule has 1 aromatic rings. The molecule has 12 heavy (non-hydrogen) atoms. The van der Waals surface area contributed by atoms with Crippen molar-refractivity contribution in [3.63, 3.8) is 0 Å². The molecule has 1 aromatic heterocycles. The lowest BCUT2D eigenvalue weighted by molar-refractivity contribution is -0.0530. The Kier molecular flexibility index (Phi) is 2.52. The van der Waals surface area contributed by atoms with Crippen LogP contribution in [0.5, 0.6) is 5.88 Å². The molecule has 0 aliphatic heterocycles. The van der Waals surface area contributed by atoms with Crippen molar-refractivity contribution in [2.75, 3.05) is 0 Å². The minimum Gasteiger partial charge on any atom is -0.417 e. The van der Waals surface area contributed by atoms with E-state index >= 15 is 0 Å². The molecule has 0 bridgehead atoms. The lowest BCUT2D eigenvalue weighted by Gasteiger charge is -2.03. The summed E-state index contributed by atoms with van der Waals surface area (Å²) in [4.78, 5) is 3.44. The van der Waals surface area contributed by atoms with E-state index in [1.54, 1.807) is 0 Å². The first-order valence-electron chi connectivity index (χ1n) is 3.16. The Labute approximate surface area is 67.0 Å². The Bertz CT molecular complexity index is 277. The highest BCUT2D eigenvalue weighted by atomic mass is 19.3. The molecule has 0 fully saturated rings. The second-order valence-corrected chi connectivity index (χ2v) is 2.15. The number of nitrogens with zero attached hydrogens (tertiary/aromatic N) is 1. The lowest BCUT2D eigenvalue weighted by atomic mass is 10.3. The fourth-order valence-electron chi connectivity index (χ4n) is 0.637. The average molecular weight is 177 g/mol. The molecule has 0 N–H and O–H groups in total. The number of aryl methyl sites for hydroxylation is 1. The first kappa shape index (κ1) is 8.83. The van der Waals surface area contributed by atoms with E-state index in [0.29, 0.717) is 0 Å². The van der Waals surface area contributed by atoms with Gasteiger partial charge in [0, 0.05) is 17.8 Å². The van der Waals surface area contributed by atoms with Crippen LogP contribution in [0.3, 0.4) is 0 Å². The maximum atomic E-state index is 12.7. The zero-order valence-electron chi connectivity index (χ0n) is 6.22. The number of hydrogen-bond donors (Lipinski definition) is 0. The van der Waals surface area contributed by atoms with Gasteiger partial charge in [0.2, 0.25) is 5.88 Å². The van der Waals surface area contributed by atoms with Gasteiger partial charge in [0.25, 0.3) is 0 Å². The highest BCUT2D eigenvalue weighted by Gasteiger charge is 2.07. The van der Waals surface area contributed by atoms with Crippen molar-refractivity contribution < 1.29 is 17.9 Å². The number of rotatable bonds is 2. The Hall–Kier alpha value is -1.26. The fourth-order valence-corrected chi connectivity index (χ4v) is 0.637. The van der Waals surface area contributed by atoms with Gasteiger partial charge in [0.05, 0.1) is 0 Å². The van der Waals surface area contributed by atoms with Crippen LogP contribution in [0.25, 0.3) is 0 Å². The minimum absolute atomic E-state index is 0.289. The van der Waals surface area contributed by atoms with Gasteiger partial charge in [0.1, 0.15) is 5.82 Å². The summed E-state index contributed by atoms with van der Waals surface area (Å²) in [6, 6.07) is 0.821. The molecule has 0 amide bonds. The van der Waals surface area contributed by atoms with Crippen molar-refractivity contribution in [1.29, 1.82) is 0 Å². The number of ether oxygens (including phenoxy) is 1. The molecule has 2 nitrogen and oxygen atoms in total. The van der Waals surface area contributed by atoms with Crippen molar-refractivity contribution in [3.05, 3.63) is 23.6 Å². The van der Waals surface area contributed by atoms with E-state index in [2.05, 4.69) is 9.72 Å². The van der Waals surface area contributed by atoms with Crippen LogP contribution in [0.2, 0.25) is 0 Å². The van der Waals surface area contributed by atoms with Crippen LogP contribution in [0.4, 0.5) is 13.2 Å². The smallest absolute Gasteiger partial charge is 0.388 e. The minimum atomic E-state index is -2.97. The maximum Gasteiger partial charge on any atom is 0.388 e.